The second kappa shape index (κ2) is 7.81. The number of thiophene rings is 1. The Labute approximate surface area is 129 Å². The van der Waals surface area contributed by atoms with Crippen molar-refractivity contribution in [1.82, 2.24) is 4.90 Å². The van der Waals surface area contributed by atoms with Gasteiger partial charge in [-0.3, -0.25) is 9.59 Å². The van der Waals surface area contributed by atoms with Gasteiger partial charge in [-0.1, -0.05) is 18.8 Å². The highest BCUT2D eigenvalue weighted by molar-refractivity contribution is 7.14. The van der Waals surface area contributed by atoms with Crippen LogP contribution in [0, 0.1) is 24.7 Å². The largest absolute Gasteiger partial charge is 0.469 e. The maximum atomic E-state index is 12.3. The predicted molar refractivity (Wildman–Crippen MR) is 83.1 cm³/mol. The molecule has 2 N–H and O–H groups in total. The molecule has 0 aliphatic carbocycles. The maximum Gasteiger partial charge on any atom is 0.310 e. The minimum Gasteiger partial charge on any atom is -0.469 e. The van der Waals surface area contributed by atoms with E-state index in [1.54, 1.807) is 14.0 Å². The van der Waals surface area contributed by atoms with Crippen molar-refractivity contribution in [2.24, 2.45) is 11.7 Å². The summed E-state index contributed by atoms with van der Waals surface area (Å²) in [5, 5.41) is 0. The van der Waals surface area contributed by atoms with Gasteiger partial charge < -0.3 is 15.4 Å². The Morgan fingerprint density at radius 3 is 2.76 bits per heavy atom. The summed E-state index contributed by atoms with van der Waals surface area (Å²) in [7, 11) is 3.01. The summed E-state index contributed by atoms with van der Waals surface area (Å²) in [5.41, 5.74) is 6.31. The third-order valence-electron chi connectivity index (χ3n) is 2.93. The monoisotopic (exact) mass is 308 g/mol. The molecule has 114 valence electrons. The molecule has 1 unspecified atom stereocenters. The average molecular weight is 308 g/mol. The Kier molecular flexibility index (Phi) is 6.40. The number of nitrogens with two attached hydrogens (primary N) is 1. The van der Waals surface area contributed by atoms with E-state index in [4.69, 9.17) is 5.73 Å². The van der Waals surface area contributed by atoms with Gasteiger partial charge in [0.1, 0.15) is 0 Å². The van der Waals surface area contributed by atoms with Crippen molar-refractivity contribution < 1.29 is 14.3 Å². The predicted octanol–water partition coefficient (Wildman–Crippen LogP) is 1.25. The molecule has 0 bridgehead atoms. The van der Waals surface area contributed by atoms with E-state index in [2.05, 4.69) is 16.6 Å². The van der Waals surface area contributed by atoms with E-state index in [-0.39, 0.29) is 24.3 Å². The van der Waals surface area contributed by atoms with Crippen molar-refractivity contribution in [1.29, 1.82) is 0 Å². The van der Waals surface area contributed by atoms with Crippen LogP contribution in [0.5, 0.6) is 0 Å². The molecule has 6 heteroatoms. The summed E-state index contributed by atoms with van der Waals surface area (Å²) in [5.74, 6) is 4.92. The molecule has 1 aromatic heterocycles. The Bertz CT molecular complexity index is 583. The number of amides is 1. The van der Waals surface area contributed by atoms with Crippen molar-refractivity contribution in [2.45, 2.75) is 13.8 Å². The van der Waals surface area contributed by atoms with Crippen molar-refractivity contribution in [3.05, 3.63) is 21.4 Å². The number of hydrogen-bond acceptors (Lipinski definition) is 5. The molecule has 0 radical (unpaired) electrons. The number of rotatable bonds is 4. The highest BCUT2D eigenvalue weighted by Crippen LogP contribution is 2.22. The number of hydrogen-bond donors (Lipinski definition) is 1. The van der Waals surface area contributed by atoms with E-state index in [0.717, 1.165) is 10.4 Å². The first-order valence-electron chi connectivity index (χ1n) is 6.53. The fourth-order valence-corrected chi connectivity index (χ4v) is 2.84. The van der Waals surface area contributed by atoms with Gasteiger partial charge in [0.15, 0.2) is 0 Å². The van der Waals surface area contributed by atoms with Crippen LogP contribution in [0.4, 0.5) is 0 Å². The van der Waals surface area contributed by atoms with Gasteiger partial charge >= 0.3 is 5.97 Å². The number of carbonyl (C=O) groups excluding carboxylic acids is 2. The number of carbonyl (C=O) groups is 2. The van der Waals surface area contributed by atoms with Gasteiger partial charge in [0.05, 0.1) is 29.3 Å². The molecule has 0 saturated carbocycles. The van der Waals surface area contributed by atoms with E-state index in [9.17, 15) is 9.59 Å². The molecule has 5 nitrogen and oxygen atoms in total. The first-order valence-corrected chi connectivity index (χ1v) is 7.35. The molecule has 1 amide bonds. The van der Waals surface area contributed by atoms with Crippen LogP contribution in [0.25, 0.3) is 0 Å². The van der Waals surface area contributed by atoms with Crippen LogP contribution < -0.4 is 5.73 Å². The van der Waals surface area contributed by atoms with Crippen LogP contribution in [0.2, 0.25) is 0 Å². The Hall–Kier alpha value is -1.84. The van der Waals surface area contributed by atoms with Crippen LogP contribution in [0.1, 0.15) is 27.0 Å². The number of methoxy groups -OCH3 is 1. The molecule has 1 aromatic rings. The minimum atomic E-state index is -0.360. The topological polar surface area (TPSA) is 72.6 Å². The molecule has 1 heterocycles. The zero-order valence-electron chi connectivity index (χ0n) is 12.7. The summed E-state index contributed by atoms with van der Waals surface area (Å²) < 4.78 is 4.66. The molecular formula is C15H20N2O3S. The molecule has 21 heavy (non-hydrogen) atoms. The number of nitrogens with zero attached hydrogens (tertiary/aromatic N) is 1. The lowest BCUT2D eigenvalue weighted by Crippen LogP contribution is -2.33. The van der Waals surface area contributed by atoms with Crippen molar-refractivity contribution >= 4 is 23.2 Å². The van der Waals surface area contributed by atoms with E-state index >= 15 is 0 Å². The average Bonchev–Trinajstić information content (AvgIpc) is 2.84. The number of ether oxygens (including phenoxy) is 1. The Balaban J connectivity index is 2.81. The third-order valence-corrected chi connectivity index (χ3v) is 4.07. The molecule has 0 fully saturated rings. The molecule has 0 saturated heterocycles. The lowest BCUT2D eigenvalue weighted by molar-refractivity contribution is -0.145. The van der Waals surface area contributed by atoms with Crippen LogP contribution >= 0.6 is 11.3 Å². The summed E-state index contributed by atoms with van der Waals surface area (Å²) in [6.45, 7) is 4.24. The van der Waals surface area contributed by atoms with E-state index in [1.165, 1.54) is 23.3 Å². The quantitative estimate of drug-likeness (QED) is 0.671. The summed E-state index contributed by atoms with van der Waals surface area (Å²) in [6.07, 6.45) is 0. The SMILES string of the molecule is COC(=O)C(C)CN(C)C(=O)c1cc(C)c(C#CCN)s1. The van der Waals surface area contributed by atoms with Gasteiger partial charge in [-0.15, -0.1) is 11.3 Å². The van der Waals surface area contributed by atoms with Gasteiger partial charge in [0, 0.05) is 13.6 Å². The highest BCUT2D eigenvalue weighted by Gasteiger charge is 2.21. The van der Waals surface area contributed by atoms with Crippen LogP contribution in [-0.2, 0) is 9.53 Å². The van der Waals surface area contributed by atoms with Crippen LogP contribution in [-0.4, -0.2) is 44.0 Å². The van der Waals surface area contributed by atoms with Gasteiger partial charge in [0.25, 0.3) is 5.91 Å². The molecular weight excluding hydrogens is 288 g/mol. The molecule has 0 aliphatic heterocycles. The third kappa shape index (κ3) is 4.59. The maximum absolute atomic E-state index is 12.3. The van der Waals surface area contributed by atoms with E-state index in [1.807, 2.05) is 13.0 Å². The van der Waals surface area contributed by atoms with Crippen molar-refractivity contribution in [3.63, 3.8) is 0 Å². The first kappa shape index (κ1) is 17.2. The fraction of sp³-hybridized carbons (Fsp3) is 0.467. The summed E-state index contributed by atoms with van der Waals surface area (Å²) in [4.78, 5) is 26.7. The summed E-state index contributed by atoms with van der Waals surface area (Å²) >= 11 is 1.34. The van der Waals surface area contributed by atoms with E-state index in [0.29, 0.717) is 11.4 Å². The van der Waals surface area contributed by atoms with Gasteiger partial charge in [-0.05, 0) is 18.6 Å². The van der Waals surface area contributed by atoms with Crippen molar-refractivity contribution in [2.75, 3.05) is 27.2 Å². The standard InChI is InChI=1S/C15H20N2O3S/c1-10-8-13(21-12(10)6-5-7-16)14(18)17(3)9-11(2)15(19)20-4/h8,11H,7,9,16H2,1-4H3. The van der Waals surface area contributed by atoms with Crippen LogP contribution in [0.15, 0.2) is 6.07 Å². The zero-order valence-corrected chi connectivity index (χ0v) is 13.5. The minimum absolute atomic E-state index is 0.125. The second-order valence-corrected chi connectivity index (χ2v) is 5.79. The Morgan fingerprint density at radius 1 is 1.52 bits per heavy atom. The lowest BCUT2D eigenvalue weighted by Gasteiger charge is -2.19. The van der Waals surface area contributed by atoms with E-state index < -0.39 is 0 Å². The van der Waals surface area contributed by atoms with Crippen LogP contribution in [0.3, 0.4) is 0 Å². The Morgan fingerprint density at radius 2 is 2.19 bits per heavy atom. The molecule has 0 spiro atoms. The number of aryl methyl sites for hydroxylation is 1. The summed E-state index contributed by atoms with van der Waals surface area (Å²) in [6, 6.07) is 1.81. The fourth-order valence-electron chi connectivity index (χ4n) is 1.80. The lowest BCUT2D eigenvalue weighted by atomic mass is 10.1. The highest BCUT2D eigenvalue weighted by atomic mass is 32.1. The van der Waals surface area contributed by atoms with Crippen molar-refractivity contribution in [3.8, 4) is 11.8 Å². The molecule has 0 aliphatic rings. The van der Waals surface area contributed by atoms with Gasteiger partial charge in [0.2, 0.25) is 0 Å². The first-order chi connectivity index (χ1) is 9.90. The van der Waals surface area contributed by atoms with Gasteiger partial charge in [-0.25, -0.2) is 0 Å². The number of esters is 1. The second-order valence-electron chi connectivity index (χ2n) is 4.74. The molecule has 0 aromatic carbocycles. The van der Waals surface area contributed by atoms with Gasteiger partial charge in [-0.2, -0.15) is 0 Å². The normalized spacial score (nSPS) is 11.3. The molecule has 1 rings (SSSR count). The zero-order chi connectivity index (χ0) is 16.0. The molecule has 1 atom stereocenters. The smallest absolute Gasteiger partial charge is 0.310 e.